The Morgan fingerprint density at radius 2 is 1.67 bits per heavy atom. The maximum Gasteiger partial charge on any atom is 0.320 e. The van der Waals surface area contributed by atoms with Gasteiger partial charge in [0, 0.05) is 38.3 Å². The summed E-state index contributed by atoms with van der Waals surface area (Å²) in [5.41, 5.74) is 0.717. The summed E-state index contributed by atoms with van der Waals surface area (Å²) in [6.45, 7) is 3.97. The van der Waals surface area contributed by atoms with Crippen molar-refractivity contribution in [1.82, 2.24) is 15.1 Å². The molecule has 0 spiro atoms. The number of likely N-dealkylation sites (tertiary alicyclic amines) is 2. The predicted molar refractivity (Wildman–Crippen MR) is 107 cm³/mol. The highest BCUT2D eigenvalue weighted by Gasteiger charge is 2.28. The van der Waals surface area contributed by atoms with Gasteiger partial charge >= 0.3 is 6.03 Å². The van der Waals surface area contributed by atoms with Crippen LogP contribution in [0.5, 0.6) is 0 Å². The van der Waals surface area contributed by atoms with Gasteiger partial charge in [0.1, 0.15) is 0 Å². The highest BCUT2D eigenvalue weighted by atomic mass is 16.2. The molecule has 0 unspecified atom stereocenters. The van der Waals surface area contributed by atoms with Gasteiger partial charge in [-0.05, 0) is 48.4 Å². The van der Waals surface area contributed by atoms with Crippen LogP contribution < -0.4 is 5.32 Å². The number of fused-ring (bicyclic) bond motifs is 1. The van der Waals surface area contributed by atoms with Crippen LogP contribution in [-0.2, 0) is 0 Å². The molecule has 1 atom stereocenters. The lowest BCUT2D eigenvalue weighted by Gasteiger charge is -2.35. The van der Waals surface area contributed by atoms with Gasteiger partial charge in [0.05, 0.1) is 0 Å². The minimum atomic E-state index is -0.0326. The molecule has 142 valence electrons. The van der Waals surface area contributed by atoms with E-state index < -0.39 is 0 Å². The summed E-state index contributed by atoms with van der Waals surface area (Å²) in [6, 6.07) is 14.0. The van der Waals surface area contributed by atoms with Crippen LogP contribution in [0.4, 0.5) is 4.79 Å². The van der Waals surface area contributed by atoms with E-state index in [9.17, 15) is 9.59 Å². The number of piperidine rings is 1. The molecule has 2 saturated heterocycles. The molecule has 3 amide bonds. The number of nitrogens with one attached hydrogen (secondary N) is 1. The molecule has 0 aromatic heterocycles. The molecule has 4 rings (SSSR count). The first-order valence-corrected chi connectivity index (χ1v) is 10.0. The summed E-state index contributed by atoms with van der Waals surface area (Å²) in [7, 11) is 0. The van der Waals surface area contributed by atoms with E-state index in [1.807, 2.05) is 52.3 Å². The zero-order chi connectivity index (χ0) is 18.6. The maximum atomic E-state index is 12.7. The highest BCUT2D eigenvalue weighted by Crippen LogP contribution is 2.21. The van der Waals surface area contributed by atoms with Gasteiger partial charge in [-0.2, -0.15) is 0 Å². The first-order valence-electron chi connectivity index (χ1n) is 10.0. The van der Waals surface area contributed by atoms with Crippen LogP contribution in [0.15, 0.2) is 42.5 Å². The predicted octanol–water partition coefficient (Wildman–Crippen LogP) is 3.50. The third kappa shape index (κ3) is 3.92. The fourth-order valence-corrected chi connectivity index (χ4v) is 4.27. The van der Waals surface area contributed by atoms with Crippen molar-refractivity contribution in [3.8, 4) is 0 Å². The molecule has 5 nitrogen and oxygen atoms in total. The Kier molecular flexibility index (Phi) is 5.28. The van der Waals surface area contributed by atoms with Gasteiger partial charge in [0.25, 0.3) is 5.91 Å². The number of hydrogen-bond acceptors (Lipinski definition) is 2. The number of carbonyl (C=O) groups excluding carboxylic acids is 2. The number of benzene rings is 2. The molecule has 2 aliphatic heterocycles. The molecular weight excluding hydrogens is 338 g/mol. The van der Waals surface area contributed by atoms with Gasteiger partial charge in [0.2, 0.25) is 0 Å². The second-order valence-corrected chi connectivity index (χ2v) is 7.67. The zero-order valence-electron chi connectivity index (χ0n) is 15.7. The Hall–Kier alpha value is -2.56. The summed E-state index contributed by atoms with van der Waals surface area (Å²) in [4.78, 5) is 29.3. The van der Waals surface area contributed by atoms with E-state index in [0.29, 0.717) is 18.0 Å². The molecule has 1 N–H and O–H groups in total. The molecule has 0 radical (unpaired) electrons. The largest absolute Gasteiger partial charge is 0.352 e. The molecule has 2 aromatic rings. The van der Waals surface area contributed by atoms with Gasteiger partial charge in [-0.1, -0.05) is 36.4 Å². The minimum absolute atomic E-state index is 0.0326. The molecule has 2 aliphatic rings. The van der Waals surface area contributed by atoms with Crippen LogP contribution in [0.2, 0.25) is 0 Å². The lowest BCUT2D eigenvalue weighted by molar-refractivity contribution is 0.0935. The Morgan fingerprint density at radius 1 is 0.926 bits per heavy atom. The van der Waals surface area contributed by atoms with Crippen LogP contribution in [0.25, 0.3) is 10.8 Å². The Labute approximate surface area is 160 Å². The summed E-state index contributed by atoms with van der Waals surface area (Å²) >= 11 is 0. The van der Waals surface area contributed by atoms with Crippen molar-refractivity contribution in [3.63, 3.8) is 0 Å². The third-order valence-corrected chi connectivity index (χ3v) is 5.75. The van der Waals surface area contributed by atoms with Crippen molar-refractivity contribution in [2.45, 2.75) is 25.7 Å². The van der Waals surface area contributed by atoms with Crippen molar-refractivity contribution in [2.75, 3.05) is 32.7 Å². The highest BCUT2D eigenvalue weighted by molar-refractivity contribution is 6.07. The van der Waals surface area contributed by atoms with E-state index in [1.54, 1.807) is 0 Å². The topological polar surface area (TPSA) is 52.7 Å². The van der Waals surface area contributed by atoms with Crippen molar-refractivity contribution in [2.24, 2.45) is 5.92 Å². The lowest BCUT2D eigenvalue weighted by atomic mass is 9.97. The van der Waals surface area contributed by atoms with Crippen LogP contribution in [0.1, 0.15) is 36.0 Å². The Bertz CT molecular complexity index is 824. The fourth-order valence-electron chi connectivity index (χ4n) is 4.27. The van der Waals surface area contributed by atoms with Crippen molar-refractivity contribution in [3.05, 3.63) is 48.0 Å². The van der Waals surface area contributed by atoms with Crippen molar-refractivity contribution in [1.29, 1.82) is 0 Å². The number of carbonyl (C=O) groups is 2. The van der Waals surface area contributed by atoms with Gasteiger partial charge in [-0.25, -0.2) is 4.79 Å². The minimum Gasteiger partial charge on any atom is -0.352 e. The van der Waals surface area contributed by atoms with Crippen LogP contribution in [0, 0.1) is 5.92 Å². The summed E-state index contributed by atoms with van der Waals surface area (Å²) < 4.78 is 0. The molecule has 0 bridgehead atoms. The summed E-state index contributed by atoms with van der Waals surface area (Å²) in [5, 5.41) is 5.15. The summed E-state index contributed by atoms with van der Waals surface area (Å²) in [6.07, 6.45) is 4.29. The van der Waals surface area contributed by atoms with Gasteiger partial charge < -0.3 is 15.1 Å². The van der Waals surface area contributed by atoms with Crippen LogP contribution >= 0.6 is 0 Å². The molecule has 2 aromatic carbocycles. The molecule has 0 saturated carbocycles. The van der Waals surface area contributed by atoms with Gasteiger partial charge in [0.15, 0.2) is 0 Å². The lowest BCUT2D eigenvalue weighted by Crippen LogP contribution is -2.48. The zero-order valence-corrected chi connectivity index (χ0v) is 15.7. The molecule has 0 aliphatic carbocycles. The number of nitrogens with zero attached hydrogens (tertiary/aromatic N) is 2. The SMILES string of the molecule is O=C(NC[C@H]1CCCN(C(=O)N2CCCC2)C1)c1cccc2ccccc12. The average Bonchev–Trinajstić information content (AvgIpc) is 3.26. The normalized spacial score (nSPS) is 20.1. The Morgan fingerprint density at radius 3 is 2.52 bits per heavy atom. The molecular formula is C22H27N3O2. The average molecular weight is 365 g/mol. The third-order valence-electron chi connectivity index (χ3n) is 5.75. The van der Waals surface area contributed by atoms with E-state index in [-0.39, 0.29) is 11.9 Å². The molecule has 27 heavy (non-hydrogen) atoms. The van der Waals surface area contributed by atoms with Crippen molar-refractivity contribution < 1.29 is 9.59 Å². The van der Waals surface area contributed by atoms with Gasteiger partial charge in [-0.15, -0.1) is 0 Å². The molecule has 2 heterocycles. The van der Waals surface area contributed by atoms with Crippen LogP contribution in [0.3, 0.4) is 0 Å². The van der Waals surface area contributed by atoms with E-state index in [4.69, 9.17) is 0 Å². The Balaban J connectivity index is 1.36. The number of amides is 3. The second kappa shape index (κ2) is 7.99. The smallest absolute Gasteiger partial charge is 0.320 e. The van der Waals surface area contributed by atoms with E-state index in [1.165, 1.54) is 0 Å². The fraction of sp³-hybridized carbons (Fsp3) is 0.455. The standard InChI is InChI=1S/C22H27N3O2/c26-21(20-11-5-9-18-8-1-2-10-19(18)20)23-15-17-7-6-14-25(16-17)22(27)24-12-3-4-13-24/h1-2,5,8-11,17H,3-4,6-7,12-16H2,(H,23,26)/t17-/m1/s1. The first kappa shape index (κ1) is 17.8. The van der Waals surface area contributed by atoms with E-state index in [2.05, 4.69) is 5.32 Å². The van der Waals surface area contributed by atoms with Crippen LogP contribution in [-0.4, -0.2) is 54.5 Å². The number of urea groups is 1. The maximum absolute atomic E-state index is 12.7. The van der Waals surface area contributed by atoms with Crippen molar-refractivity contribution >= 4 is 22.7 Å². The molecule has 2 fully saturated rings. The second-order valence-electron chi connectivity index (χ2n) is 7.67. The first-order chi connectivity index (χ1) is 13.2. The van der Waals surface area contributed by atoms with E-state index >= 15 is 0 Å². The van der Waals surface area contributed by atoms with E-state index in [0.717, 1.165) is 62.6 Å². The monoisotopic (exact) mass is 365 g/mol. The molecule has 5 heteroatoms. The summed E-state index contributed by atoms with van der Waals surface area (Å²) in [5.74, 6) is 0.291. The number of rotatable bonds is 3. The van der Waals surface area contributed by atoms with Gasteiger partial charge in [-0.3, -0.25) is 4.79 Å². The quantitative estimate of drug-likeness (QED) is 0.905. The number of hydrogen-bond donors (Lipinski definition) is 1.